The van der Waals surface area contributed by atoms with Crippen LogP contribution in [0.1, 0.15) is 0 Å². The fraction of sp³-hybridized carbons (Fsp3) is 0. The second-order valence-corrected chi connectivity index (χ2v) is 5.74. The molecule has 0 aliphatic carbocycles. The molecule has 0 aliphatic heterocycles. The van der Waals surface area contributed by atoms with Gasteiger partial charge in [-0.25, -0.2) is 4.39 Å². The monoisotopic (exact) mass is 365 g/mol. The number of anilines is 3. The molecule has 3 nitrogen and oxygen atoms in total. The Kier molecular flexibility index (Phi) is 3.69. The van der Waals surface area contributed by atoms with Gasteiger partial charge in [-0.1, -0.05) is 11.6 Å². The fourth-order valence-corrected chi connectivity index (χ4v) is 2.57. The van der Waals surface area contributed by atoms with Gasteiger partial charge >= 0.3 is 0 Å². The molecule has 106 valence electrons. The molecule has 21 heavy (non-hydrogen) atoms. The van der Waals surface area contributed by atoms with Gasteiger partial charge in [0.25, 0.3) is 0 Å². The third-order valence-corrected chi connectivity index (χ3v) is 4.28. The van der Waals surface area contributed by atoms with Crippen molar-refractivity contribution in [3.63, 3.8) is 0 Å². The molecule has 1 aromatic heterocycles. The Bertz CT molecular complexity index is 839. The van der Waals surface area contributed by atoms with E-state index in [-0.39, 0.29) is 5.69 Å². The van der Waals surface area contributed by atoms with E-state index < -0.39 is 5.82 Å². The second kappa shape index (κ2) is 5.50. The first-order valence-corrected chi connectivity index (χ1v) is 7.28. The Balaban J connectivity index is 2.14. The largest absolute Gasteiger partial charge is 0.398 e. The van der Waals surface area contributed by atoms with E-state index in [1.807, 2.05) is 0 Å². The zero-order chi connectivity index (χ0) is 15.0. The summed E-state index contributed by atoms with van der Waals surface area (Å²) in [6.45, 7) is 0. The predicted octanol–water partition coefficient (Wildman–Crippen LogP) is 5.12. The maximum absolute atomic E-state index is 14.2. The molecule has 2 aromatic carbocycles. The third kappa shape index (κ3) is 2.66. The maximum atomic E-state index is 14.2. The van der Waals surface area contributed by atoms with Crippen LogP contribution in [-0.2, 0) is 0 Å². The van der Waals surface area contributed by atoms with E-state index in [1.54, 1.807) is 36.5 Å². The maximum Gasteiger partial charge on any atom is 0.150 e. The molecule has 3 aromatic rings. The summed E-state index contributed by atoms with van der Waals surface area (Å²) in [5, 5.41) is 4.32. The van der Waals surface area contributed by atoms with Gasteiger partial charge in [0.15, 0.2) is 5.82 Å². The summed E-state index contributed by atoms with van der Waals surface area (Å²) < 4.78 is 14.9. The number of nitrogens with zero attached hydrogens (tertiary/aromatic N) is 1. The highest BCUT2D eigenvalue weighted by Gasteiger charge is 2.12. The summed E-state index contributed by atoms with van der Waals surface area (Å²) in [5.41, 5.74) is 7.66. The van der Waals surface area contributed by atoms with Gasteiger partial charge in [0.05, 0.1) is 10.5 Å². The van der Waals surface area contributed by atoms with Crippen LogP contribution in [-0.4, -0.2) is 4.98 Å². The molecular formula is C15H10BrClFN3. The minimum Gasteiger partial charge on any atom is -0.398 e. The van der Waals surface area contributed by atoms with Crippen LogP contribution in [0, 0.1) is 5.82 Å². The molecule has 0 amide bonds. The van der Waals surface area contributed by atoms with Crippen LogP contribution in [0.5, 0.6) is 0 Å². The molecule has 0 saturated carbocycles. The Labute approximate surface area is 134 Å². The number of hydrogen-bond acceptors (Lipinski definition) is 3. The average molecular weight is 367 g/mol. The van der Waals surface area contributed by atoms with Crippen molar-refractivity contribution in [2.24, 2.45) is 0 Å². The zero-order valence-electron chi connectivity index (χ0n) is 10.7. The van der Waals surface area contributed by atoms with Gasteiger partial charge in [0.2, 0.25) is 0 Å². The van der Waals surface area contributed by atoms with Crippen molar-refractivity contribution in [1.29, 1.82) is 0 Å². The Hall–Kier alpha value is -1.85. The van der Waals surface area contributed by atoms with E-state index in [0.717, 1.165) is 4.47 Å². The molecule has 0 aliphatic rings. The number of benzene rings is 2. The highest BCUT2D eigenvalue weighted by molar-refractivity contribution is 9.10. The van der Waals surface area contributed by atoms with Crippen LogP contribution in [0.2, 0.25) is 5.02 Å². The normalized spacial score (nSPS) is 10.8. The quantitative estimate of drug-likeness (QED) is 0.619. The number of nitrogen functional groups attached to an aromatic ring is 1. The topological polar surface area (TPSA) is 50.9 Å². The van der Waals surface area contributed by atoms with E-state index in [1.165, 1.54) is 6.07 Å². The molecule has 0 atom stereocenters. The minimum atomic E-state index is -0.454. The van der Waals surface area contributed by atoms with Gasteiger partial charge in [0, 0.05) is 27.4 Å². The second-order valence-electron chi connectivity index (χ2n) is 4.48. The van der Waals surface area contributed by atoms with E-state index >= 15 is 0 Å². The average Bonchev–Trinajstić information content (AvgIpc) is 2.47. The van der Waals surface area contributed by atoms with Gasteiger partial charge in [-0.2, -0.15) is 0 Å². The lowest BCUT2D eigenvalue weighted by atomic mass is 10.1. The lowest BCUT2D eigenvalue weighted by molar-refractivity contribution is 0.634. The van der Waals surface area contributed by atoms with Crippen LogP contribution < -0.4 is 11.1 Å². The highest BCUT2D eigenvalue weighted by Crippen LogP contribution is 2.33. The fourth-order valence-electron chi connectivity index (χ4n) is 2.07. The summed E-state index contributed by atoms with van der Waals surface area (Å²) in [7, 11) is 0. The van der Waals surface area contributed by atoms with E-state index in [2.05, 4.69) is 26.2 Å². The van der Waals surface area contributed by atoms with Crippen molar-refractivity contribution in [3.8, 4) is 0 Å². The highest BCUT2D eigenvalue weighted by atomic mass is 79.9. The number of rotatable bonds is 2. The SMILES string of the molecule is Nc1cc(F)c(Nc2ccc(Cl)c(Br)c2)c2ncccc12. The van der Waals surface area contributed by atoms with Crippen LogP contribution in [0.4, 0.5) is 21.5 Å². The van der Waals surface area contributed by atoms with Crippen LogP contribution in [0.3, 0.4) is 0 Å². The number of nitrogens with one attached hydrogen (secondary N) is 1. The summed E-state index contributed by atoms with van der Waals surface area (Å²) in [5.74, 6) is -0.454. The van der Waals surface area contributed by atoms with Gasteiger partial charge < -0.3 is 11.1 Å². The Morgan fingerprint density at radius 3 is 2.81 bits per heavy atom. The molecule has 0 radical (unpaired) electrons. The molecule has 0 spiro atoms. The van der Waals surface area contributed by atoms with Crippen molar-refractivity contribution >= 4 is 55.5 Å². The van der Waals surface area contributed by atoms with Gasteiger partial charge in [-0.05, 0) is 52.3 Å². The molecule has 1 heterocycles. The van der Waals surface area contributed by atoms with Crippen molar-refractivity contribution in [1.82, 2.24) is 4.98 Å². The zero-order valence-corrected chi connectivity index (χ0v) is 13.0. The lowest BCUT2D eigenvalue weighted by Gasteiger charge is -2.12. The molecular weight excluding hydrogens is 357 g/mol. The van der Waals surface area contributed by atoms with E-state index in [0.29, 0.717) is 27.3 Å². The number of fused-ring (bicyclic) bond motifs is 1. The van der Waals surface area contributed by atoms with Crippen molar-refractivity contribution in [2.75, 3.05) is 11.1 Å². The lowest BCUT2D eigenvalue weighted by Crippen LogP contribution is -1.99. The number of pyridine rings is 1. The van der Waals surface area contributed by atoms with Crippen LogP contribution in [0.25, 0.3) is 10.9 Å². The molecule has 0 unspecified atom stereocenters. The summed E-state index contributed by atoms with van der Waals surface area (Å²) in [4.78, 5) is 4.22. The molecule has 3 rings (SSSR count). The first-order chi connectivity index (χ1) is 10.1. The van der Waals surface area contributed by atoms with Gasteiger partial charge in [0.1, 0.15) is 5.69 Å². The number of hydrogen-bond donors (Lipinski definition) is 2. The summed E-state index contributed by atoms with van der Waals surface area (Å²) in [6.07, 6.45) is 1.60. The van der Waals surface area contributed by atoms with E-state index in [4.69, 9.17) is 17.3 Å². The third-order valence-electron chi connectivity index (χ3n) is 3.07. The summed E-state index contributed by atoms with van der Waals surface area (Å²) in [6, 6.07) is 10.1. The molecule has 6 heteroatoms. The summed E-state index contributed by atoms with van der Waals surface area (Å²) >= 11 is 9.29. The standard InChI is InChI=1S/C15H10BrClFN3/c16-10-6-8(3-4-11(10)17)21-15-12(18)7-13(19)9-2-1-5-20-14(9)15/h1-7,21H,19H2. The molecule has 0 bridgehead atoms. The molecule has 0 fully saturated rings. The van der Waals surface area contributed by atoms with E-state index in [9.17, 15) is 4.39 Å². The predicted molar refractivity (Wildman–Crippen MR) is 88.5 cm³/mol. The molecule has 0 saturated heterocycles. The van der Waals surface area contributed by atoms with Crippen LogP contribution >= 0.6 is 27.5 Å². The first kappa shape index (κ1) is 14.1. The van der Waals surface area contributed by atoms with Crippen molar-refractivity contribution in [2.45, 2.75) is 0 Å². The first-order valence-electron chi connectivity index (χ1n) is 6.11. The minimum absolute atomic E-state index is 0.286. The Morgan fingerprint density at radius 1 is 1.24 bits per heavy atom. The number of nitrogens with two attached hydrogens (primary N) is 1. The van der Waals surface area contributed by atoms with Crippen LogP contribution in [0.15, 0.2) is 47.1 Å². The smallest absolute Gasteiger partial charge is 0.150 e. The Morgan fingerprint density at radius 2 is 2.05 bits per heavy atom. The number of aromatic nitrogens is 1. The van der Waals surface area contributed by atoms with Gasteiger partial charge in [-0.15, -0.1) is 0 Å². The van der Waals surface area contributed by atoms with Crippen molar-refractivity contribution < 1.29 is 4.39 Å². The number of halogens is 3. The van der Waals surface area contributed by atoms with Gasteiger partial charge in [-0.3, -0.25) is 4.98 Å². The van der Waals surface area contributed by atoms with Crippen molar-refractivity contribution in [3.05, 3.63) is 57.9 Å². The molecule has 3 N–H and O–H groups in total.